The largest absolute Gasteiger partial charge is 0.382 e. The number of hydrogen-bond donors (Lipinski definition) is 0. The predicted molar refractivity (Wildman–Crippen MR) is 85.5 cm³/mol. The van der Waals surface area contributed by atoms with E-state index in [1.807, 2.05) is 25.1 Å². The van der Waals surface area contributed by atoms with Gasteiger partial charge in [-0.1, -0.05) is 12.1 Å². The van der Waals surface area contributed by atoms with Gasteiger partial charge in [0.05, 0.1) is 6.26 Å². The molecule has 0 N–H and O–H groups in total. The molecule has 1 aromatic carbocycles. The van der Waals surface area contributed by atoms with E-state index >= 15 is 0 Å². The Kier molecular flexibility index (Phi) is 4.90. The summed E-state index contributed by atoms with van der Waals surface area (Å²) >= 11 is 0. The van der Waals surface area contributed by atoms with E-state index in [0.717, 1.165) is 50.2 Å². The molecule has 21 heavy (non-hydrogen) atoms. The van der Waals surface area contributed by atoms with Crippen LogP contribution in [0.15, 0.2) is 30.9 Å². The van der Waals surface area contributed by atoms with Crippen LogP contribution in [0.25, 0.3) is 0 Å². The maximum absolute atomic E-state index is 11.3. The molecule has 0 atom stereocenters. The van der Waals surface area contributed by atoms with Crippen LogP contribution in [0, 0.1) is 6.92 Å². The third kappa shape index (κ3) is 4.22. The Morgan fingerprint density at radius 2 is 1.95 bits per heavy atom. The van der Waals surface area contributed by atoms with Crippen molar-refractivity contribution in [3.8, 4) is 5.75 Å². The molecule has 0 unspecified atom stereocenters. The molecular weight excluding hydrogens is 288 g/mol. The minimum Gasteiger partial charge on any atom is -0.382 e. The first-order valence-electron chi connectivity index (χ1n) is 6.98. The summed E-state index contributed by atoms with van der Waals surface area (Å²) in [5.41, 5.74) is 1.90. The summed E-state index contributed by atoms with van der Waals surface area (Å²) in [6.07, 6.45) is 2.98. The maximum atomic E-state index is 11.3. The van der Waals surface area contributed by atoms with Crippen molar-refractivity contribution in [1.82, 2.24) is 4.90 Å². The average Bonchev–Trinajstić information content (AvgIpc) is 2.41. The summed E-state index contributed by atoms with van der Waals surface area (Å²) in [5, 5.41) is 0. The van der Waals surface area contributed by atoms with E-state index in [-0.39, 0.29) is 0 Å². The standard InChI is InChI=1S/C15H22N2O3S/c1-4-8-16-9-11-17(12-10-16)14-6-5-7-15(13(14)2)20-21(3,18)19/h4-7H,1,8-12H2,2-3H3. The first kappa shape index (κ1) is 15.9. The van der Waals surface area contributed by atoms with Gasteiger partial charge in [-0.05, 0) is 19.1 Å². The van der Waals surface area contributed by atoms with Crippen LogP contribution in [0.4, 0.5) is 5.69 Å². The summed E-state index contributed by atoms with van der Waals surface area (Å²) in [6, 6.07) is 5.53. The Hall–Kier alpha value is -1.53. The van der Waals surface area contributed by atoms with E-state index in [0.29, 0.717) is 5.75 Å². The number of piperazine rings is 1. The van der Waals surface area contributed by atoms with Gasteiger partial charge in [-0.3, -0.25) is 4.90 Å². The lowest BCUT2D eigenvalue weighted by atomic mass is 10.1. The average molecular weight is 310 g/mol. The molecule has 0 amide bonds. The van der Waals surface area contributed by atoms with Crippen molar-refractivity contribution in [3.63, 3.8) is 0 Å². The Balaban J connectivity index is 2.14. The summed E-state index contributed by atoms with van der Waals surface area (Å²) < 4.78 is 27.7. The van der Waals surface area contributed by atoms with Crippen molar-refractivity contribution in [1.29, 1.82) is 0 Å². The second-order valence-corrected chi connectivity index (χ2v) is 6.84. The highest BCUT2D eigenvalue weighted by atomic mass is 32.2. The molecular formula is C15H22N2O3S. The normalized spacial score (nSPS) is 16.8. The molecule has 1 aromatic rings. The lowest BCUT2D eigenvalue weighted by Gasteiger charge is -2.36. The number of anilines is 1. The topological polar surface area (TPSA) is 49.9 Å². The zero-order chi connectivity index (χ0) is 15.5. The minimum absolute atomic E-state index is 0.406. The molecule has 1 saturated heterocycles. The van der Waals surface area contributed by atoms with Crippen LogP contribution in [0.5, 0.6) is 5.75 Å². The zero-order valence-corrected chi connectivity index (χ0v) is 13.4. The molecule has 0 aliphatic carbocycles. The van der Waals surface area contributed by atoms with E-state index in [1.165, 1.54) is 0 Å². The Morgan fingerprint density at radius 1 is 1.29 bits per heavy atom. The lowest BCUT2D eigenvalue weighted by Crippen LogP contribution is -2.46. The van der Waals surface area contributed by atoms with E-state index in [2.05, 4.69) is 16.4 Å². The SMILES string of the molecule is C=CCN1CCN(c2cccc(OS(C)(=O)=O)c2C)CC1. The van der Waals surface area contributed by atoms with Crippen molar-refractivity contribution in [2.75, 3.05) is 43.9 Å². The quantitative estimate of drug-likeness (QED) is 0.611. The Labute approximate surface area is 126 Å². The first-order valence-corrected chi connectivity index (χ1v) is 8.79. The predicted octanol–water partition coefficient (Wildman–Crippen LogP) is 1.64. The van der Waals surface area contributed by atoms with Crippen LogP contribution in [-0.4, -0.2) is 52.3 Å². The highest BCUT2D eigenvalue weighted by molar-refractivity contribution is 7.86. The van der Waals surface area contributed by atoms with Gasteiger partial charge in [0.1, 0.15) is 5.75 Å². The molecule has 2 rings (SSSR count). The molecule has 0 aromatic heterocycles. The van der Waals surface area contributed by atoms with Gasteiger partial charge in [0.15, 0.2) is 0 Å². The van der Waals surface area contributed by atoms with Gasteiger partial charge in [-0.15, -0.1) is 6.58 Å². The summed E-state index contributed by atoms with van der Waals surface area (Å²) in [5.74, 6) is 0.406. The molecule has 0 spiro atoms. The summed E-state index contributed by atoms with van der Waals surface area (Å²) in [7, 11) is -3.50. The maximum Gasteiger partial charge on any atom is 0.306 e. The van der Waals surface area contributed by atoms with Crippen molar-refractivity contribution in [2.24, 2.45) is 0 Å². The minimum atomic E-state index is -3.50. The van der Waals surface area contributed by atoms with E-state index in [9.17, 15) is 8.42 Å². The fraction of sp³-hybridized carbons (Fsp3) is 0.467. The van der Waals surface area contributed by atoms with Crippen LogP contribution in [-0.2, 0) is 10.1 Å². The van der Waals surface area contributed by atoms with Gasteiger partial charge in [0.25, 0.3) is 0 Å². The molecule has 1 aliphatic rings. The van der Waals surface area contributed by atoms with Crippen molar-refractivity contribution >= 4 is 15.8 Å². The third-order valence-electron chi connectivity index (χ3n) is 3.60. The fourth-order valence-electron chi connectivity index (χ4n) is 2.55. The van der Waals surface area contributed by atoms with Gasteiger partial charge in [0, 0.05) is 44.0 Å². The van der Waals surface area contributed by atoms with Gasteiger partial charge in [-0.25, -0.2) is 0 Å². The van der Waals surface area contributed by atoms with Crippen molar-refractivity contribution in [2.45, 2.75) is 6.92 Å². The van der Waals surface area contributed by atoms with Crippen molar-refractivity contribution < 1.29 is 12.6 Å². The van der Waals surface area contributed by atoms with E-state index in [1.54, 1.807) is 6.07 Å². The molecule has 6 heteroatoms. The van der Waals surface area contributed by atoms with Gasteiger partial charge in [0.2, 0.25) is 0 Å². The molecule has 0 saturated carbocycles. The van der Waals surface area contributed by atoms with Gasteiger partial charge < -0.3 is 9.08 Å². The molecule has 5 nitrogen and oxygen atoms in total. The van der Waals surface area contributed by atoms with Crippen LogP contribution in [0.2, 0.25) is 0 Å². The van der Waals surface area contributed by atoms with Gasteiger partial charge >= 0.3 is 10.1 Å². The fourth-order valence-corrected chi connectivity index (χ4v) is 3.06. The monoisotopic (exact) mass is 310 g/mol. The Bertz CT molecular complexity index is 605. The van der Waals surface area contributed by atoms with E-state index in [4.69, 9.17) is 4.18 Å². The van der Waals surface area contributed by atoms with Gasteiger partial charge in [-0.2, -0.15) is 8.42 Å². The number of hydrogen-bond acceptors (Lipinski definition) is 5. The van der Waals surface area contributed by atoms with Crippen LogP contribution >= 0.6 is 0 Å². The van der Waals surface area contributed by atoms with Crippen LogP contribution < -0.4 is 9.08 Å². The second kappa shape index (κ2) is 6.49. The smallest absolute Gasteiger partial charge is 0.306 e. The number of nitrogens with zero attached hydrogens (tertiary/aromatic N) is 2. The molecule has 116 valence electrons. The first-order chi connectivity index (χ1) is 9.90. The Morgan fingerprint density at radius 3 is 2.52 bits per heavy atom. The molecule has 0 radical (unpaired) electrons. The molecule has 0 bridgehead atoms. The zero-order valence-electron chi connectivity index (χ0n) is 12.6. The second-order valence-electron chi connectivity index (χ2n) is 5.26. The molecule has 1 fully saturated rings. The van der Waals surface area contributed by atoms with Crippen molar-refractivity contribution in [3.05, 3.63) is 36.4 Å². The van der Waals surface area contributed by atoms with Crippen LogP contribution in [0.3, 0.4) is 0 Å². The molecule has 1 aliphatic heterocycles. The highest BCUT2D eigenvalue weighted by Gasteiger charge is 2.19. The lowest BCUT2D eigenvalue weighted by molar-refractivity contribution is 0.284. The highest BCUT2D eigenvalue weighted by Crippen LogP contribution is 2.29. The number of rotatable bonds is 5. The summed E-state index contributed by atoms with van der Waals surface area (Å²) in [4.78, 5) is 4.61. The van der Waals surface area contributed by atoms with E-state index < -0.39 is 10.1 Å². The summed E-state index contributed by atoms with van der Waals surface area (Å²) in [6.45, 7) is 10.3. The van der Waals surface area contributed by atoms with Crippen LogP contribution in [0.1, 0.15) is 5.56 Å². The number of benzene rings is 1. The molecule has 1 heterocycles. The third-order valence-corrected chi connectivity index (χ3v) is 4.08.